The zero-order valence-electron chi connectivity index (χ0n) is 15.7. The van der Waals surface area contributed by atoms with Crippen molar-refractivity contribution in [3.8, 4) is 11.5 Å². The van der Waals surface area contributed by atoms with Crippen LogP contribution in [0.2, 0.25) is 0 Å². The Morgan fingerprint density at radius 1 is 1.15 bits per heavy atom. The number of amides is 1. The quantitative estimate of drug-likeness (QED) is 0.810. The molecule has 0 spiro atoms. The number of benzene rings is 1. The Balaban J connectivity index is 1.61. The lowest BCUT2D eigenvalue weighted by atomic mass is 9.77. The van der Waals surface area contributed by atoms with Crippen molar-refractivity contribution in [2.24, 2.45) is 5.92 Å². The lowest BCUT2D eigenvalue weighted by Crippen LogP contribution is -2.47. The van der Waals surface area contributed by atoms with Crippen molar-refractivity contribution in [3.05, 3.63) is 23.8 Å². The second-order valence-corrected chi connectivity index (χ2v) is 7.72. The van der Waals surface area contributed by atoms with Crippen LogP contribution in [0.5, 0.6) is 11.5 Å². The van der Waals surface area contributed by atoms with Crippen molar-refractivity contribution in [1.29, 1.82) is 0 Å². The molecular weight excluding hydrogens is 330 g/mol. The van der Waals surface area contributed by atoms with Gasteiger partial charge in [-0.05, 0) is 43.9 Å². The van der Waals surface area contributed by atoms with Gasteiger partial charge in [-0.15, -0.1) is 0 Å². The van der Waals surface area contributed by atoms with Crippen molar-refractivity contribution in [1.82, 2.24) is 4.90 Å². The van der Waals surface area contributed by atoms with Gasteiger partial charge in [-0.3, -0.25) is 4.79 Å². The molecule has 0 aromatic heterocycles. The van der Waals surface area contributed by atoms with Gasteiger partial charge in [0.05, 0.1) is 12.0 Å². The second kappa shape index (κ2) is 7.47. The van der Waals surface area contributed by atoms with Gasteiger partial charge < -0.3 is 19.1 Å². The summed E-state index contributed by atoms with van der Waals surface area (Å²) in [6.07, 6.45) is 5.10. The Bertz CT molecular complexity index is 647. The van der Waals surface area contributed by atoms with Gasteiger partial charge in [-0.1, -0.05) is 18.9 Å². The summed E-state index contributed by atoms with van der Waals surface area (Å²) in [6, 6.07) is 6.09. The number of hydrogen-bond donors (Lipinski definition) is 0. The van der Waals surface area contributed by atoms with E-state index in [1.165, 1.54) is 0 Å². The fourth-order valence-electron chi connectivity index (χ4n) is 4.64. The van der Waals surface area contributed by atoms with Gasteiger partial charge in [-0.2, -0.15) is 0 Å². The van der Waals surface area contributed by atoms with Gasteiger partial charge >= 0.3 is 0 Å². The minimum Gasteiger partial charge on any atom is -0.486 e. The Morgan fingerprint density at radius 3 is 2.62 bits per heavy atom. The van der Waals surface area contributed by atoms with Crippen LogP contribution in [0.1, 0.15) is 44.6 Å². The summed E-state index contributed by atoms with van der Waals surface area (Å²) in [4.78, 5) is 15.7. The fourth-order valence-corrected chi connectivity index (χ4v) is 4.64. The van der Waals surface area contributed by atoms with Crippen molar-refractivity contribution in [2.45, 2.75) is 44.4 Å². The predicted octanol–water partition coefficient (Wildman–Crippen LogP) is 3.15. The molecule has 1 aromatic rings. The standard InChI is InChI=1S/C21H29NO4/c1-2-22(14-16-7-10-24-15-16)20(23)21(8-3-4-9-21)17-5-6-18-19(13-17)26-12-11-25-18/h5-6,13,16H,2-4,7-12,14-15H2,1H3. The van der Waals surface area contributed by atoms with E-state index in [1.54, 1.807) is 0 Å². The van der Waals surface area contributed by atoms with E-state index in [0.29, 0.717) is 19.1 Å². The van der Waals surface area contributed by atoms with Gasteiger partial charge in [0, 0.05) is 25.6 Å². The van der Waals surface area contributed by atoms with Crippen LogP contribution in [0, 0.1) is 5.92 Å². The van der Waals surface area contributed by atoms with E-state index >= 15 is 0 Å². The molecule has 1 aromatic carbocycles. The number of nitrogens with zero attached hydrogens (tertiary/aromatic N) is 1. The third-order valence-corrected chi connectivity index (χ3v) is 6.13. The Kier molecular flexibility index (Phi) is 5.07. The molecule has 4 rings (SSSR count). The summed E-state index contributed by atoms with van der Waals surface area (Å²) < 4.78 is 16.9. The average molecular weight is 359 g/mol. The first-order valence-corrected chi connectivity index (χ1v) is 10.0. The van der Waals surface area contributed by atoms with Crippen molar-refractivity contribution >= 4 is 5.91 Å². The largest absolute Gasteiger partial charge is 0.486 e. The molecule has 1 amide bonds. The van der Waals surface area contributed by atoms with Crippen molar-refractivity contribution in [2.75, 3.05) is 39.5 Å². The lowest BCUT2D eigenvalue weighted by molar-refractivity contribution is -0.137. The van der Waals surface area contributed by atoms with Crippen LogP contribution in [-0.2, 0) is 14.9 Å². The molecule has 2 aliphatic heterocycles. The maximum atomic E-state index is 13.7. The number of carbonyl (C=O) groups excluding carboxylic acids is 1. The molecule has 1 saturated heterocycles. The molecule has 142 valence electrons. The first-order chi connectivity index (χ1) is 12.7. The number of carbonyl (C=O) groups is 1. The van der Waals surface area contributed by atoms with Gasteiger partial charge in [0.25, 0.3) is 0 Å². The minimum absolute atomic E-state index is 0.279. The summed E-state index contributed by atoms with van der Waals surface area (Å²) in [5.41, 5.74) is 0.677. The molecule has 5 heteroatoms. The molecule has 26 heavy (non-hydrogen) atoms. The third-order valence-electron chi connectivity index (χ3n) is 6.13. The Hall–Kier alpha value is -1.75. The number of fused-ring (bicyclic) bond motifs is 1. The smallest absolute Gasteiger partial charge is 0.233 e. The van der Waals surface area contributed by atoms with Crippen LogP contribution in [0.15, 0.2) is 18.2 Å². The van der Waals surface area contributed by atoms with E-state index in [0.717, 1.165) is 75.5 Å². The van der Waals surface area contributed by atoms with Crippen LogP contribution >= 0.6 is 0 Å². The highest BCUT2D eigenvalue weighted by Gasteiger charge is 2.45. The van der Waals surface area contributed by atoms with Gasteiger partial charge in [0.1, 0.15) is 13.2 Å². The van der Waals surface area contributed by atoms with Crippen LogP contribution in [0.3, 0.4) is 0 Å². The summed E-state index contributed by atoms with van der Waals surface area (Å²) in [6.45, 7) is 6.40. The molecule has 1 unspecified atom stereocenters. The molecule has 2 heterocycles. The lowest BCUT2D eigenvalue weighted by Gasteiger charge is -2.36. The minimum atomic E-state index is -0.411. The van der Waals surface area contributed by atoms with Gasteiger partial charge in [-0.25, -0.2) is 0 Å². The number of ether oxygens (including phenoxy) is 3. The monoisotopic (exact) mass is 359 g/mol. The summed E-state index contributed by atoms with van der Waals surface area (Å²) in [5.74, 6) is 2.31. The Labute approximate surface area is 155 Å². The number of likely N-dealkylation sites (N-methyl/N-ethyl adjacent to an activating group) is 1. The number of rotatable bonds is 5. The van der Waals surface area contributed by atoms with Gasteiger partial charge in [0.2, 0.25) is 5.91 Å². The third kappa shape index (κ3) is 3.18. The fraction of sp³-hybridized carbons (Fsp3) is 0.667. The van der Waals surface area contributed by atoms with E-state index in [4.69, 9.17) is 14.2 Å². The molecule has 2 fully saturated rings. The van der Waals surface area contributed by atoms with E-state index in [1.807, 2.05) is 12.1 Å². The highest BCUT2D eigenvalue weighted by Crippen LogP contribution is 2.45. The highest BCUT2D eigenvalue weighted by molar-refractivity contribution is 5.89. The summed E-state index contributed by atoms with van der Waals surface area (Å²) >= 11 is 0. The van der Waals surface area contributed by atoms with E-state index < -0.39 is 5.41 Å². The molecule has 1 saturated carbocycles. The first-order valence-electron chi connectivity index (χ1n) is 10.0. The average Bonchev–Trinajstić information content (AvgIpc) is 3.38. The highest BCUT2D eigenvalue weighted by atomic mass is 16.6. The summed E-state index contributed by atoms with van der Waals surface area (Å²) in [5, 5.41) is 0. The van der Waals surface area contributed by atoms with E-state index in [9.17, 15) is 4.79 Å². The maximum absolute atomic E-state index is 13.7. The second-order valence-electron chi connectivity index (χ2n) is 7.72. The zero-order valence-corrected chi connectivity index (χ0v) is 15.7. The molecule has 0 bridgehead atoms. The Morgan fingerprint density at radius 2 is 1.92 bits per heavy atom. The van der Waals surface area contributed by atoms with E-state index in [-0.39, 0.29) is 5.91 Å². The van der Waals surface area contributed by atoms with Crippen LogP contribution < -0.4 is 9.47 Å². The topological polar surface area (TPSA) is 48.0 Å². The first kappa shape index (κ1) is 17.7. The van der Waals surface area contributed by atoms with Crippen LogP contribution in [0.4, 0.5) is 0 Å². The summed E-state index contributed by atoms with van der Waals surface area (Å²) in [7, 11) is 0. The van der Waals surface area contributed by atoms with Crippen LogP contribution in [0.25, 0.3) is 0 Å². The van der Waals surface area contributed by atoms with Gasteiger partial charge in [0.15, 0.2) is 11.5 Å². The zero-order chi connectivity index (χ0) is 18.0. The molecule has 1 atom stereocenters. The molecular formula is C21H29NO4. The molecule has 1 aliphatic carbocycles. The number of hydrogen-bond acceptors (Lipinski definition) is 4. The molecule has 3 aliphatic rings. The van der Waals surface area contributed by atoms with Crippen molar-refractivity contribution in [3.63, 3.8) is 0 Å². The molecule has 5 nitrogen and oxygen atoms in total. The van der Waals surface area contributed by atoms with E-state index in [2.05, 4.69) is 17.9 Å². The van der Waals surface area contributed by atoms with Crippen molar-refractivity contribution < 1.29 is 19.0 Å². The maximum Gasteiger partial charge on any atom is 0.233 e. The predicted molar refractivity (Wildman–Crippen MR) is 98.8 cm³/mol. The normalized spacial score (nSPS) is 23.8. The van der Waals surface area contributed by atoms with Crippen LogP contribution in [-0.4, -0.2) is 50.3 Å². The molecule has 0 radical (unpaired) electrons. The molecule has 0 N–H and O–H groups in total. The SMILES string of the molecule is CCN(CC1CCOC1)C(=O)C1(c2ccc3c(c2)OCCO3)CCCC1.